The number of rotatable bonds is 7. The third kappa shape index (κ3) is 3.77. The lowest BCUT2D eigenvalue weighted by atomic mass is 10.0. The van der Waals surface area contributed by atoms with E-state index in [1.54, 1.807) is 0 Å². The maximum Gasteiger partial charge on any atom is 0.0911 e. The molecule has 0 heterocycles. The fraction of sp³-hybridized carbons (Fsp3) is 0.900. The summed E-state index contributed by atoms with van der Waals surface area (Å²) in [4.78, 5) is 0. The highest BCUT2D eigenvalue weighted by atomic mass is 16.5. The quantitative estimate of drug-likeness (QED) is 0.361. The molecular weight excluding hydrogens is 164 g/mol. The number of hydrogen-bond donors (Lipinski definition) is 2. The van der Waals surface area contributed by atoms with Gasteiger partial charge in [0.15, 0.2) is 0 Å². The lowest BCUT2D eigenvalue weighted by molar-refractivity contribution is 0.0902. The Morgan fingerprint density at radius 1 is 1.54 bits per heavy atom. The molecule has 0 aromatic rings. The van der Waals surface area contributed by atoms with Gasteiger partial charge in [0.05, 0.1) is 12.4 Å². The van der Waals surface area contributed by atoms with Crippen LogP contribution in [-0.2, 0) is 4.74 Å². The Labute approximate surface area is 80.2 Å². The Morgan fingerprint density at radius 3 is 2.69 bits per heavy atom. The van der Waals surface area contributed by atoms with Crippen molar-refractivity contribution in [2.75, 3.05) is 13.2 Å². The van der Waals surface area contributed by atoms with E-state index >= 15 is 0 Å². The number of unbranched alkanes of at least 4 members (excludes halogenated alkanes) is 1. The van der Waals surface area contributed by atoms with Crippen LogP contribution in [0.25, 0.3) is 0 Å². The third-order valence-electron chi connectivity index (χ3n) is 2.57. The minimum Gasteiger partial charge on any atom is -0.388 e. The minimum absolute atomic E-state index is 0.250. The van der Waals surface area contributed by atoms with Gasteiger partial charge in [-0.3, -0.25) is 5.41 Å². The second kappa shape index (κ2) is 4.61. The molecule has 0 aromatic heterocycles. The third-order valence-corrected chi connectivity index (χ3v) is 2.57. The molecule has 0 atom stereocenters. The number of nitrogens with two attached hydrogens (primary N) is 1. The van der Waals surface area contributed by atoms with E-state index in [9.17, 15) is 0 Å². The first kappa shape index (κ1) is 10.5. The van der Waals surface area contributed by atoms with Crippen LogP contribution in [0.1, 0.15) is 39.0 Å². The van der Waals surface area contributed by atoms with E-state index in [4.69, 9.17) is 15.9 Å². The van der Waals surface area contributed by atoms with Gasteiger partial charge in [0.1, 0.15) is 0 Å². The standard InChI is InChI=1S/C10H20N2O/c1-2-3-6-13-8-10(4-5-10)7-9(11)12/h2-8H2,1H3,(H3,11,12). The van der Waals surface area contributed by atoms with Crippen molar-refractivity contribution in [1.82, 2.24) is 0 Å². The van der Waals surface area contributed by atoms with Crippen molar-refractivity contribution in [3.05, 3.63) is 0 Å². The number of hydrogen-bond acceptors (Lipinski definition) is 2. The minimum atomic E-state index is 0.250. The molecule has 3 heteroatoms. The maximum atomic E-state index is 7.23. The Bertz CT molecular complexity index is 176. The molecule has 76 valence electrons. The van der Waals surface area contributed by atoms with Gasteiger partial charge in [-0.25, -0.2) is 0 Å². The van der Waals surface area contributed by atoms with Gasteiger partial charge in [0, 0.05) is 18.4 Å². The van der Waals surface area contributed by atoms with Crippen LogP contribution in [0.4, 0.5) is 0 Å². The van der Waals surface area contributed by atoms with Crippen LogP contribution in [-0.4, -0.2) is 19.0 Å². The van der Waals surface area contributed by atoms with E-state index in [2.05, 4.69) is 6.92 Å². The van der Waals surface area contributed by atoms with Crippen molar-refractivity contribution in [1.29, 1.82) is 5.41 Å². The zero-order valence-electron chi connectivity index (χ0n) is 8.44. The van der Waals surface area contributed by atoms with Gasteiger partial charge in [-0.15, -0.1) is 0 Å². The molecule has 1 aliphatic rings. The summed E-state index contributed by atoms with van der Waals surface area (Å²) in [6, 6.07) is 0. The molecule has 3 nitrogen and oxygen atoms in total. The van der Waals surface area contributed by atoms with Gasteiger partial charge in [-0.1, -0.05) is 13.3 Å². The lowest BCUT2D eigenvalue weighted by Gasteiger charge is -2.13. The molecule has 0 amide bonds. The van der Waals surface area contributed by atoms with Gasteiger partial charge >= 0.3 is 0 Å². The van der Waals surface area contributed by atoms with Crippen LogP contribution in [0.2, 0.25) is 0 Å². The molecule has 0 radical (unpaired) electrons. The number of amidine groups is 1. The Balaban J connectivity index is 2.09. The van der Waals surface area contributed by atoms with E-state index in [0.29, 0.717) is 5.84 Å². The second-order valence-corrected chi connectivity index (χ2v) is 4.11. The molecule has 1 rings (SSSR count). The Morgan fingerprint density at radius 2 is 2.23 bits per heavy atom. The topological polar surface area (TPSA) is 59.1 Å². The number of nitrogens with one attached hydrogen (secondary N) is 1. The van der Waals surface area contributed by atoms with E-state index in [0.717, 1.165) is 26.1 Å². The molecule has 0 spiro atoms. The van der Waals surface area contributed by atoms with E-state index < -0.39 is 0 Å². The summed E-state index contributed by atoms with van der Waals surface area (Å²) in [6.07, 6.45) is 5.40. The first-order chi connectivity index (χ1) is 6.18. The molecule has 1 saturated carbocycles. The predicted molar refractivity (Wildman–Crippen MR) is 53.9 cm³/mol. The molecule has 13 heavy (non-hydrogen) atoms. The molecule has 1 aliphatic carbocycles. The zero-order chi connectivity index (χ0) is 9.73. The van der Waals surface area contributed by atoms with E-state index in [1.807, 2.05) is 0 Å². The summed E-state index contributed by atoms with van der Waals surface area (Å²) in [5, 5.41) is 7.23. The fourth-order valence-electron chi connectivity index (χ4n) is 1.49. The molecular formula is C10H20N2O. The molecule has 0 aliphatic heterocycles. The van der Waals surface area contributed by atoms with Gasteiger partial charge in [0.25, 0.3) is 0 Å². The summed E-state index contributed by atoms with van der Waals surface area (Å²) in [7, 11) is 0. The van der Waals surface area contributed by atoms with Crippen LogP contribution < -0.4 is 5.73 Å². The summed E-state index contributed by atoms with van der Waals surface area (Å²) in [5.41, 5.74) is 5.63. The van der Waals surface area contributed by atoms with Crippen molar-refractivity contribution >= 4 is 5.84 Å². The van der Waals surface area contributed by atoms with Crippen molar-refractivity contribution in [2.24, 2.45) is 11.1 Å². The maximum absolute atomic E-state index is 7.23. The van der Waals surface area contributed by atoms with Crippen LogP contribution in [0, 0.1) is 10.8 Å². The second-order valence-electron chi connectivity index (χ2n) is 4.11. The SMILES string of the molecule is CCCCOCC1(CC(=N)N)CC1. The average molecular weight is 184 g/mol. The highest BCUT2D eigenvalue weighted by Crippen LogP contribution is 2.48. The Kier molecular flexibility index (Phi) is 3.72. The van der Waals surface area contributed by atoms with Gasteiger partial charge in [0.2, 0.25) is 0 Å². The van der Waals surface area contributed by atoms with Crippen molar-refractivity contribution in [2.45, 2.75) is 39.0 Å². The molecule has 3 N–H and O–H groups in total. The molecule has 0 aromatic carbocycles. The molecule has 1 fully saturated rings. The average Bonchev–Trinajstić information content (AvgIpc) is 2.78. The largest absolute Gasteiger partial charge is 0.388 e. The van der Waals surface area contributed by atoms with Crippen LogP contribution in [0.15, 0.2) is 0 Å². The highest BCUT2D eigenvalue weighted by Gasteiger charge is 2.43. The van der Waals surface area contributed by atoms with Crippen molar-refractivity contribution in [3.8, 4) is 0 Å². The summed E-state index contributed by atoms with van der Waals surface area (Å²) >= 11 is 0. The fourth-order valence-corrected chi connectivity index (χ4v) is 1.49. The first-order valence-electron chi connectivity index (χ1n) is 5.09. The van der Waals surface area contributed by atoms with Crippen LogP contribution >= 0.6 is 0 Å². The van der Waals surface area contributed by atoms with Crippen LogP contribution in [0.3, 0.4) is 0 Å². The predicted octanol–water partition coefficient (Wildman–Crippen LogP) is 1.91. The molecule has 0 unspecified atom stereocenters. The Hall–Kier alpha value is -0.570. The molecule has 0 saturated heterocycles. The van der Waals surface area contributed by atoms with Crippen molar-refractivity contribution < 1.29 is 4.74 Å². The van der Waals surface area contributed by atoms with E-state index in [-0.39, 0.29) is 5.41 Å². The summed E-state index contributed by atoms with van der Waals surface area (Å²) in [6.45, 7) is 3.81. The molecule has 0 bridgehead atoms. The monoisotopic (exact) mass is 184 g/mol. The normalized spacial score (nSPS) is 18.5. The summed E-state index contributed by atoms with van der Waals surface area (Å²) < 4.78 is 5.55. The van der Waals surface area contributed by atoms with Gasteiger partial charge in [-0.05, 0) is 19.3 Å². The van der Waals surface area contributed by atoms with Crippen molar-refractivity contribution in [3.63, 3.8) is 0 Å². The van der Waals surface area contributed by atoms with E-state index in [1.165, 1.54) is 19.3 Å². The van der Waals surface area contributed by atoms with Crippen LogP contribution in [0.5, 0.6) is 0 Å². The smallest absolute Gasteiger partial charge is 0.0911 e. The van der Waals surface area contributed by atoms with Gasteiger partial charge in [-0.2, -0.15) is 0 Å². The first-order valence-corrected chi connectivity index (χ1v) is 5.09. The number of ether oxygens (including phenoxy) is 1. The summed E-state index contributed by atoms with van der Waals surface area (Å²) in [5.74, 6) is 0.302. The highest BCUT2D eigenvalue weighted by molar-refractivity contribution is 5.78. The zero-order valence-corrected chi connectivity index (χ0v) is 8.44. The van der Waals surface area contributed by atoms with Gasteiger partial charge < -0.3 is 10.5 Å². The lowest BCUT2D eigenvalue weighted by Crippen LogP contribution is -2.20.